The summed E-state index contributed by atoms with van der Waals surface area (Å²) in [5.74, 6) is -0.409. The molecule has 1 fully saturated rings. The Labute approximate surface area is 168 Å². The molecule has 25 heavy (non-hydrogen) atoms. The van der Waals surface area contributed by atoms with Gasteiger partial charge in [0, 0.05) is 0 Å². The molecule has 0 aliphatic heterocycles. The average molecular weight is 422 g/mol. The zero-order valence-electron chi connectivity index (χ0n) is 13.7. The van der Waals surface area contributed by atoms with Crippen LogP contribution in [-0.2, 0) is 14.4 Å². The van der Waals surface area contributed by atoms with Gasteiger partial charge in [0.2, 0.25) is 0 Å². The lowest BCUT2D eigenvalue weighted by atomic mass is 9.84. The molecule has 136 valence electrons. The van der Waals surface area contributed by atoms with Crippen LogP contribution < -0.4 is 0 Å². The first kappa shape index (κ1) is 19.4. The first-order valence-electron chi connectivity index (χ1n) is 8.59. The van der Waals surface area contributed by atoms with Gasteiger partial charge in [0.05, 0.1) is 5.03 Å². The number of esters is 1. The van der Waals surface area contributed by atoms with Crippen molar-refractivity contribution >= 4 is 52.4 Å². The van der Waals surface area contributed by atoms with Crippen molar-refractivity contribution in [2.24, 2.45) is 5.92 Å². The molecule has 2 nitrogen and oxygen atoms in total. The van der Waals surface area contributed by atoms with E-state index in [1.165, 1.54) is 0 Å². The van der Waals surface area contributed by atoms with E-state index in [1.54, 1.807) is 0 Å². The highest BCUT2D eigenvalue weighted by molar-refractivity contribution is 6.51. The number of carbonyl (C=O) groups is 1. The molecule has 0 amide bonds. The Morgan fingerprint density at radius 1 is 1.12 bits per heavy atom. The Balaban J connectivity index is 1.95. The van der Waals surface area contributed by atoms with Crippen LogP contribution in [0.25, 0.3) is 0 Å². The Kier molecular flexibility index (Phi) is 5.95. The molecule has 0 aromatic heterocycles. The summed E-state index contributed by atoms with van der Waals surface area (Å²) in [6, 6.07) is 9.35. The van der Waals surface area contributed by atoms with E-state index in [0.717, 1.165) is 37.7 Å². The van der Waals surface area contributed by atoms with Crippen LogP contribution in [0.15, 0.2) is 41.1 Å². The standard InChI is InChI=1S/C19H20Cl4O2/c20-15-11-6-12-18(21,22)16(15)25-17(24)19(23,14-9-4-5-10-14)13-7-2-1-3-8-13/h1-3,7-8,14H,4-6,9-12H2/t19-/m1/s1. The number of ether oxygens (including phenoxy) is 1. The van der Waals surface area contributed by atoms with Crippen LogP contribution in [0.1, 0.15) is 50.5 Å². The second kappa shape index (κ2) is 7.68. The van der Waals surface area contributed by atoms with E-state index < -0.39 is 15.2 Å². The molecule has 0 spiro atoms. The molecule has 1 saturated carbocycles. The Hall–Kier alpha value is -0.410. The molecule has 2 aliphatic carbocycles. The third-order valence-corrected chi connectivity index (χ3v) is 6.83. The highest BCUT2D eigenvalue weighted by Gasteiger charge is 2.50. The average Bonchev–Trinajstić information content (AvgIpc) is 3.13. The predicted octanol–water partition coefficient (Wildman–Crippen LogP) is 6.66. The molecule has 0 N–H and O–H groups in total. The van der Waals surface area contributed by atoms with E-state index in [0.29, 0.717) is 17.9 Å². The van der Waals surface area contributed by atoms with Crippen molar-refractivity contribution in [2.45, 2.75) is 54.2 Å². The van der Waals surface area contributed by atoms with E-state index >= 15 is 0 Å². The number of halogens is 4. The van der Waals surface area contributed by atoms with Gasteiger partial charge in [-0.3, -0.25) is 0 Å². The van der Waals surface area contributed by atoms with E-state index in [1.807, 2.05) is 30.3 Å². The van der Waals surface area contributed by atoms with E-state index in [9.17, 15) is 4.79 Å². The van der Waals surface area contributed by atoms with Crippen LogP contribution in [0.4, 0.5) is 0 Å². The number of benzene rings is 1. The van der Waals surface area contributed by atoms with Gasteiger partial charge in [0.15, 0.2) is 15.0 Å². The molecule has 0 radical (unpaired) electrons. The number of hydrogen-bond donors (Lipinski definition) is 0. The van der Waals surface area contributed by atoms with Gasteiger partial charge in [0.25, 0.3) is 0 Å². The van der Waals surface area contributed by atoms with Crippen LogP contribution in [-0.4, -0.2) is 10.3 Å². The molecule has 0 bridgehead atoms. The fourth-order valence-electron chi connectivity index (χ4n) is 3.71. The first-order valence-corrected chi connectivity index (χ1v) is 10.1. The van der Waals surface area contributed by atoms with Gasteiger partial charge in [-0.05, 0) is 43.6 Å². The zero-order chi connectivity index (χ0) is 18.1. The van der Waals surface area contributed by atoms with Crippen molar-refractivity contribution in [1.82, 2.24) is 0 Å². The minimum absolute atomic E-state index is 0.00656. The van der Waals surface area contributed by atoms with Crippen LogP contribution in [0.2, 0.25) is 0 Å². The van der Waals surface area contributed by atoms with Gasteiger partial charge < -0.3 is 4.74 Å². The summed E-state index contributed by atoms with van der Waals surface area (Å²) in [4.78, 5) is 11.9. The lowest BCUT2D eigenvalue weighted by Gasteiger charge is -2.34. The monoisotopic (exact) mass is 420 g/mol. The van der Waals surface area contributed by atoms with Gasteiger partial charge in [-0.2, -0.15) is 0 Å². The Bertz CT molecular complexity index is 665. The summed E-state index contributed by atoms with van der Waals surface area (Å²) in [6.45, 7) is 0. The maximum Gasteiger partial charge on any atom is 0.337 e. The number of alkyl halides is 3. The van der Waals surface area contributed by atoms with Gasteiger partial charge in [-0.1, -0.05) is 78.0 Å². The van der Waals surface area contributed by atoms with Gasteiger partial charge >= 0.3 is 5.97 Å². The smallest absolute Gasteiger partial charge is 0.337 e. The SMILES string of the molecule is O=C(OC1=C(Cl)CCCC1(Cl)Cl)[C@@](Cl)(c1ccccc1)C1CCCC1. The third kappa shape index (κ3) is 3.83. The number of rotatable bonds is 4. The molecule has 2 aliphatic rings. The maximum absolute atomic E-state index is 13.2. The normalized spacial score (nSPS) is 23.4. The molecule has 0 saturated heterocycles. The van der Waals surface area contributed by atoms with Crippen molar-refractivity contribution in [2.75, 3.05) is 0 Å². The second-order valence-corrected chi connectivity index (χ2v) is 9.28. The summed E-state index contributed by atoms with van der Waals surface area (Å²) in [5.41, 5.74) is 0.732. The van der Waals surface area contributed by atoms with Crippen LogP contribution in [0.5, 0.6) is 0 Å². The predicted molar refractivity (Wildman–Crippen MR) is 103 cm³/mol. The van der Waals surface area contributed by atoms with E-state index in [2.05, 4.69) is 0 Å². The number of carbonyl (C=O) groups excluding carboxylic acids is 1. The molecule has 3 rings (SSSR count). The highest BCUT2D eigenvalue weighted by Crippen LogP contribution is 2.49. The Morgan fingerprint density at radius 3 is 2.36 bits per heavy atom. The zero-order valence-corrected chi connectivity index (χ0v) is 16.8. The molecular weight excluding hydrogens is 402 g/mol. The molecule has 6 heteroatoms. The summed E-state index contributed by atoms with van der Waals surface area (Å²) in [5, 5.41) is 0.392. The minimum Gasteiger partial charge on any atom is -0.425 e. The number of hydrogen-bond acceptors (Lipinski definition) is 2. The van der Waals surface area contributed by atoms with E-state index in [4.69, 9.17) is 51.1 Å². The van der Waals surface area contributed by atoms with Crippen LogP contribution in [0.3, 0.4) is 0 Å². The first-order chi connectivity index (χ1) is 11.9. The lowest BCUT2D eigenvalue weighted by Crippen LogP contribution is -2.40. The fraction of sp³-hybridized carbons (Fsp3) is 0.526. The minimum atomic E-state index is -1.30. The van der Waals surface area contributed by atoms with Crippen molar-refractivity contribution in [3.8, 4) is 0 Å². The molecule has 0 heterocycles. The lowest BCUT2D eigenvalue weighted by molar-refractivity contribution is -0.145. The number of allylic oxidation sites excluding steroid dienone is 2. The van der Waals surface area contributed by atoms with Crippen molar-refractivity contribution in [3.63, 3.8) is 0 Å². The molecule has 1 atom stereocenters. The van der Waals surface area contributed by atoms with Crippen molar-refractivity contribution in [1.29, 1.82) is 0 Å². The third-order valence-electron chi connectivity index (χ3n) is 5.07. The summed E-state index contributed by atoms with van der Waals surface area (Å²) >= 11 is 25.9. The fourth-order valence-corrected chi connectivity index (χ4v) is 5.10. The second-order valence-electron chi connectivity index (χ2n) is 6.74. The molecule has 1 aromatic rings. The Morgan fingerprint density at radius 2 is 1.76 bits per heavy atom. The summed E-state index contributed by atoms with van der Waals surface area (Å²) < 4.78 is 4.37. The molecular formula is C19H20Cl4O2. The topological polar surface area (TPSA) is 26.3 Å². The summed E-state index contributed by atoms with van der Waals surface area (Å²) in [7, 11) is 0. The largest absolute Gasteiger partial charge is 0.425 e. The quantitative estimate of drug-likeness (QED) is 0.401. The van der Waals surface area contributed by atoms with E-state index in [-0.39, 0.29) is 11.7 Å². The van der Waals surface area contributed by atoms with Crippen LogP contribution in [0, 0.1) is 5.92 Å². The van der Waals surface area contributed by atoms with Gasteiger partial charge in [-0.25, -0.2) is 4.79 Å². The molecule has 1 aromatic carbocycles. The molecule has 0 unspecified atom stereocenters. The van der Waals surface area contributed by atoms with Gasteiger partial charge in [0.1, 0.15) is 0 Å². The van der Waals surface area contributed by atoms with Crippen molar-refractivity contribution in [3.05, 3.63) is 46.7 Å². The summed E-state index contributed by atoms with van der Waals surface area (Å²) in [6.07, 6.45) is 5.70. The van der Waals surface area contributed by atoms with Crippen molar-refractivity contribution < 1.29 is 9.53 Å². The van der Waals surface area contributed by atoms with Crippen LogP contribution >= 0.6 is 46.4 Å². The van der Waals surface area contributed by atoms with Gasteiger partial charge in [-0.15, -0.1) is 11.6 Å². The highest BCUT2D eigenvalue weighted by atomic mass is 35.5. The maximum atomic E-state index is 13.2.